The van der Waals surface area contributed by atoms with Gasteiger partial charge in [0.15, 0.2) is 5.96 Å². The summed E-state index contributed by atoms with van der Waals surface area (Å²) in [6.45, 7) is 5.96. The third-order valence-corrected chi connectivity index (χ3v) is 6.13. The molecular weight excluding hydrogens is 402 g/mol. The maximum atomic E-state index is 5.95. The van der Waals surface area contributed by atoms with Gasteiger partial charge in [0.2, 0.25) is 5.88 Å². The van der Waals surface area contributed by atoms with Crippen molar-refractivity contribution < 1.29 is 9.47 Å². The molecule has 7 nitrogen and oxygen atoms in total. The van der Waals surface area contributed by atoms with E-state index in [-0.39, 0.29) is 0 Å². The number of nitrogens with one attached hydrogen (secondary N) is 2. The largest absolute Gasteiger partial charge is 0.474 e. The van der Waals surface area contributed by atoms with E-state index in [1.54, 1.807) is 7.05 Å². The fourth-order valence-electron chi connectivity index (χ4n) is 4.23. The second-order valence-corrected chi connectivity index (χ2v) is 8.47. The predicted octanol–water partition coefficient (Wildman–Crippen LogP) is 3.10. The van der Waals surface area contributed by atoms with E-state index in [2.05, 4.69) is 55.8 Å². The molecule has 1 aromatic carbocycles. The van der Waals surface area contributed by atoms with Crippen LogP contribution in [0.1, 0.15) is 42.4 Å². The second kappa shape index (κ2) is 11.8. The van der Waals surface area contributed by atoms with Crippen LogP contribution in [0.3, 0.4) is 0 Å². The van der Waals surface area contributed by atoms with E-state index in [4.69, 9.17) is 9.47 Å². The molecule has 1 aliphatic heterocycles. The van der Waals surface area contributed by atoms with E-state index in [1.807, 2.05) is 12.3 Å². The van der Waals surface area contributed by atoms with Crippen molar-refractivity contribution in [3.63, 3.8) is 0 Å². The van der Waals surface area contributed by atoms with Crippen molar-refractivity contribution in [2.24, 2.45) is 4.99 Å². The average Bonchev–Trinajstić information content (AvgIpc) is 3.35. The zero-order chi connectivity index (χ0) is 22.0. The van der Waals surface area contributed by atoms with E-state index >= 15 is 0 Å². The molecular formula is C25H35N5O2. The summed E-state index contributed by atoms with van der Waals surface area (Å²) in [5.41, 5.74) is 3.73. The summed E-state index contributed by atoms with van der Waals surface area (Å²) < 4.78 is 11.4. The van der Waals surface area contributed by atoms with Crippen LogP contribution in [0, 0.1) is 0 Å². The molecule has 1 aliphatic carbocycles. The lowest BCUT2D eigenvalue weighted by Crippen LogP contribution is -2.37. The molecule has 1 aromatic heterocycles. The summed E-state index contributed by atoms with van der Waals surface area (Å²) in [5.74, 6) is 1.50. The summed E-state index contributed by atoms with van der Waals surface area (Å²) in [4.78, 5) is 11.3. The minimum absolute atomic E-state index is 0.334. The van der Waals surface area contributed by atoms with Crippen molar-refractivity contribution in [1.82, 2.24) is 20.5 Å². The zero-order valence-electron chi connectivity index (χ0n) is 19.1. The van der Waals surface area contributed by atoms with E-state index in [0.29, 0.717) is 12.6 Å². The lowest BCUT2D eigenvalue weighted by Gasteiger charge is -2.27. The Bertz CT molecular complexity index is 859. The van der Waals surface area contributed by atoms with Gasteiger partial charge in [-0.05, 0) is 42.4 Å². The van der Waals surface area contributed by atoms with Gasteiger partial charge in [-0.15, -0.1) is 0 Å². The number of aliphatic imine (C=N–C) groups is 1. The number of rotatable bonds is 8. The minimum Gasteiger partial charge on any atom is -0.474 e. The molecule has 0 bridgehead atoms. The quantitative estimate of drug-likeness (QED) is 0.489. The first-order valence-corrected chi connectivity index (χ1v) is 11.7. The van der Waals surface area contributed by atoms with Crippen LogP contribution in [0.2, 0.25) is 0 Å². The highest BCUT2D eigenvalue weighted by Gasteiger charge is 2.17. The molecule has 1 saturated heterocycles. The van der Waals surface area contributed by atoms with Crippen molar-refractivity contribution in [3.8, 4) is 5.88 Å². The Kier molecular flexibility index (Phi) is 8.34. The smallest absolute Gasteiger partial charge is 0.213 e. The number of nitrogens with zero attached hydrogens (tertiary/aromatic N) is 3. The first-order chi connectivity index (χ1) is 15.8. The summed E-state index contributed by atoms with van der Waals surface area (Å²) >= 11 is 0. The van der Waals surface area contributed by atoms with Crippen molar-refractivity contribution >= 4 is 5.96 Å². The Labute approximate surface area is 191 Å². The predicted molar refractivity (Wildman–Crippen MR) is 127 cm³/mol. The summed E-state index contributed by atoms with van der Waals surface area (Å²) in [6.07, 6.45) is 7.01. The second-order valence-electron chi connectivity index (χ2n) is 8.47. The van der Waals surface area contributed by atoms with Crippen LogP contribution >= 0.6 is 0 Å². The zero-order valence-corrected chi connectivity index (χ0v) is 19.1. The third kappa shape index (κ3) is 6.68. The lowest BCUT2D eigenvalue weighted by molar-refractivity contribution is 0.0341. The Morgan fingerprint density at radius 2 is 1.81 bits per heavy atom. The molecule has 172 valence electrons. The van der Waals surface area contributed by atoms with Crippen molar-refractivity contribution in [2.45, 2.75) is 51.4 Å². The number of aromatic nitrogens is 1. The van der Waals surface area contributed by atoms with Crippen LogP contribution in [-0.4, -0.2) is 55.3 Å². The molecule has 0 unspecified atom stereocenters. The van der Waals surface area contributed by atoms with Crippen molar-refractivity contribution in [3.05, 3.63) is 59.3 Å². The molecule has 0 spiro atoms. The maximum absolute atomic E-state index is 5.95. The highest BCUT2D eigenvalue weighted by molar-refractivity contribution is 5.79. The van der Waals surface area contributed by atoms with E-state index < -0.39 is 0 Å². The average molecular weight is 438 g/mol. The van der Waals surface area contributed by atoms with Crippen LogP contribution in [0.25, 0.3) is 0 Å². The molecule has 0 radical (unpaired) electrons. The van der Waals surface area contributed by atoms with Gasteiger partial charge in [0.1, 0.15) is 6.10 Å². The molecule has 2 aliphatic rings. The Balaban J connectivity index is 1.25. The normalized spacial score (nSPS) is 18.0. The van der Waals surface area contributed by atoms with Gasteiger partial charge in [0.05, 0.1) is 13.2 Å². The molecule has 0 amide bonds. The Morgan fingerprint density at radius 1 is 1.06 bits per heavy atom. The van der Waals surface area contributed by atoms with Crippen molar-refractivity contribution in [2.75, 3.05) is 33.4 Å². The van der Waals surface area contributed by atoms with Gasteiger partial charge in [-0.1, -0.05) is 30.3 Å². The lowest BCUT2D eigenvalue weighted by atomic mass is 10.1. The van der Waals surface area contributed by atoms with Gasteiger partial charge in [-0.2, -0.15) is 0 Å². The molecule has 2 N–H and O–H groups in total. The van der Waals surface area contributed by atoms with Crippen molar-refractivity contribution in [1.29, 1.82) is 0 Å². The van der Waals surface area contributed by atoms with Crippen LogP contribution in [0.4, 0.5) is 0 Å². The number of ether oxygens (including phenoxy) is 2. The van der Waals surface area contributed by atoms with Gasteiger partial charge >= 0.3 is 0 Å². The fraction of sp³-hybridized carbons (Fsp3) is 0.520. The molecule has 2 fully saturated rings. The van der Waals surface area contributed by atoms with Gasteiger partial charge < -0.3 is 20.1 Å². The topological polar surface area (TPSA) is 71.0 Å². The first kappa shape index (κ1) is 22.6. The molecule has 4 rings (SSSR count). The Hall–Kier alpha value is -2.64. The van der Waals surface area contributed by atoms with Crippen LogP contribution in [0.5, 0.6) is 5.88 Å². The standard InChI is InChI=1S/C25H35N5O2/c1-26-25(28-17-20-10-11-24(27-16-20)32-23-8-4-5-9-23)29-18-21-6-2-3-7-22(21)19-30-12-14-31-15-13-30/h2-3,6-7,10-11,16,23H,4-5,8-9,12-15,17-19H2,1H3,(H2,26,28,29). The number of benzene rings is 1. The molecule has 2 heterocycles. The van der Waals surface area contributed by atoms with Gasteiger partial charge in [0.25, 0.3) is 0 Å². The first-order valence-electron chi connectivity index (χ1n) is 11.7. The molecule has 0 atom stereocenters. The maximum Gasteiger partial charge on any atom is 0.213 e. The monoisotopic (exact) mass is 437 g/mol. The van der Waals surface area contributed by atoms with E-state index in [1.165, 1.54) is 24.0 Å². The van der Waals surface area contributed by atoms with E-state index in [0.717, 1.165) is 69.6 Å². The Morgan fingerprint density at radius 3 is 2.53 bits per heavy atom. The number of guanidine groups is 1. The molecule has 1 saturated carbocycles. The fourth-order valence-corrected chi connectivity index (χ4v) is 4.23. The SMILES string of the molecule is CN=C(NCc1ccc(OC2CCCC2)nc1)NCc1ccccc1CN1CCOCC1. The van der Waals surface area contributed by atoms with Gasteiger partial charge in [-0.25, -0.2) is 4.98 Å². The van der Waals surface area contributed by atoms with Crippen LogP contribution in [-0.2, 0) is 24.4 Å². The molecule has 32 heavy (non-hydrogen) atoms. The van der Waals surface area contributed by atoms with Gasteiger partial charge in [-0.3, -0.25) is 9.89 Å². The van der Waals surface area contributed by atoms with E-state index in [9.17, 15) is 0 Å². The minimum atomic E-state index is 0.334. The number of morpholine rings is 1. The third-order valence-electron chi connectivity index (χ3n) is 6.13. The highest BCUT2D eigenvalue weighted by Crippen LogP contribution is 2.22. The summed E-state index contributed by atoms with van der Waals surface area (Å²) in [6, 6.07) is 12.6. The summed E-state index contributed by atoms with van der Waals surface area (Å²) in [7, 11) is 1.80. The number of pyridine rings is 1. The summed E-state index contributed by atoms with van der Waals surface area (Å²) in [5, 5.41) is 6.82. The highest BCUT2D eigenvalue weighted by atomic mass is 16.5. The van der Waals surface area contributed by atoms with Crippen LogP contribution < -0.4 is 15.4 Å². The van der Waals surface area contributed by atoms with Crippen LogP contribution in [0.15, 0.2) is 47.6 Å². The number of hydrogen-bond donors (Lipinski definition) is 2. The van der Waals surface area contributed by atoms with Gasteiger partial charge in [0, 0.05) is 52.0 Å². The molecule has 2 aromatic rings. The number of hydrogen-bond acceptors (Lipinski definition) is 5. The molecule has 7 heteroatoms.